The summed E-state index contributed by atoms with van der Waals surface area (Å²) in [4.78, 5) is 14.4. The Kier molecular flexibility index (Phi) is 4.98. The first kappa shape index (κ1) is 14.8. The van der Waals surface area contributed by atoms with E-state index in [0.717, 1.165) is 25.2 Å². The summed E-state index contributed by atoms with van der Waals surface area (Å²) in [5.41, 5.74) is 7.57. The minimum Gasteiger partial charge on any atom is -0.459 e. The molecule has 5 nitrogen and oxygen atoms in total. The monoisotopic (exact) mass is 278 g/mol. The Morgan fingerprint density at radius 3 is 3.05 bits per heavy atom. The second-order valence-electron chi connectivity index (χ2n) is 5.02. The number of nitrogens with two attached hydrogens (primary N) is 1. The van der Waals surface area contributed by atoms with Gasteiger partial charge >= 0.3 is 5.97 Å². The molecule has 1 aromatic carbocycles. The number of ether oxygens (including phenoxy) is 2. The van der Waals surface area contributed by atoms with Crippen LogP contribution in [-0.2, 0) is 9.47 Å². The van der Waals surface area contributed by atoms with Gasteiger partial charge in [0.15, 0.2) is 0 Å². The number of carbonyl (C=O) groups is 1. The van der Waals surface area contributed by atoms with Crippen LogP contribution < -0.4 is 5.73 Å². The zero-order chi connectivity index (χ0) is 14.5. The molecule has 1 aromatic rings. The molecule has 1 aliphatic rings. The minimum absolute atomic E-state index is 0.0575. The molecule has 0 aromatic heterocycles. The molecule has 0 bridgehead atoms. The van der Waals surface area contributed by atoms with Crippen LogP contribution in [0.3, 0.4) is 0 Å². The van der Waals surface area contributed by atoms with Crippen molar-refractivity contribution in [1.29, 1.82) is 0 Å². The van der Waals surface area contributed by atoms with Crippen molar-refractivity contribution >= 4 is 11.7 Å². The van der Waals surface area contributed by atoms with Gasteiger partial charge in [-0.1, -0.05) is 19.1 Å². The lowest BCUT2D eigenvalue weighted by Crippen LogP contribution is -2.44. The molecule has 1 aliphatic heterocycles. The van der Waals surface area contributed by atoms with Crippen LogP contribution in [0, 0.1) is 6.92 Å². The number of aryl methyl sites for hydroxylation is 1. The third-order valence-electron chi connectivity index (χ3n) is 3.58. The molecular weight excluding hydrogens is 256 g/mol. The molecule has 0 radical (unpaired) electrons. The number of nitrogen functional groups attached to an aromatic ring is 1. The van der Waals surface area contributed by atoms with Crippen molar-refractivity contribution in [2.45, 2.75) is 20.0 Å². The minimum atomic E-state index is -0.377. The Labute approximate surface area is 119 Å². The zero-order valence-corrected chi connectivity index (χ0v) is 12.1. The second-order valence-corrected chi connectivity index (χ2v) is 5.02. The lowest BCUT2D eigenvalue weighted by Gasteiger charge is -2.31. The van der Waals surface area contributed by atoms with E-state index in [1.165, 1.54) is 0 Å². The first-order chi connectivity index (χ1) is 9.61. The molecule has 1 heterocycles. The molecule has 2 rings (SSSR count). The summed E-state index contributed by atoms with van der Waals surface area (Å²) in [6, 6.07) is 5.38. The van der Waals surface area contributed by atoms with E-state index in [1.54, 1.807) is 6.07 Å². The summed E-state index contributed by atoms with van der Waals surface area (Å²) < 4.78 is 11.0. The van der Waals surface area contributed by atoms with Gasteiger partial charge in [0.2, 0.25) is 0 Å². The van der Waals surface area contributed by atoms with Gasteiger partial charge in [-0.25, -0.2) is 4.79 Å². The molecule has 1 atom stereocenters. The van der Waals surface area contributed by atoms with Gasteiger partial charge in [-0.05, 0) is 25.1 Å². The maximum Gasteiger partial charge on any atom is 0.340 e. The fourth-order valence-corrected chi connectivity index (χ4v) is 2.38. The Bertz CT molecular complexity index is 456. The molecule has 1 unspecified atom stereocenters. The van der Waals surface area contributed by atoms with Crippen LogP contribution >= 0.6 is 0 Å². The molecule has 0 amide bonds. The van der Waals surface area contributed by atoms with Crippen molar-refractivity contribution in [3.63, 3.8) is 0 Å². The SMILES string of the molecule is CCN1CCOC(COC(=O)c2c(C)cccc2N)C1. The molecule has 0 aliphatic carbocycles. The van der Waals surface area contributed by atoms with E-state index in [1.807, 2.05) is 19.1 Å². The van der Waals surface area contributed by atoms with Crippen molar-refractivity contribution in [2.75, 3.05) is 38.6 Å². The summed E-state index contributed by atoms with van der Waals surface area (Å²) >= 11 is 0. The Morgan fingerprint density at radius 2 is 2.35 bits per heavy atom. The topological polar surface area (TPSA) is 64.8 Å². The maximum absolute atomic E-state index is 12.1. The van der Waals surface area contributed by atoms with Gasteiger partial charge in [-0.2, -0.15) is 0 Å². The predicted molar refractivity (Wildman–Crippen MR) is 77.7 cm³/mol. The smallest absolute Gasteiger partial charge is 0.340 e. The molecule has 0 saturated carbocycles. The molecular formula is C15H22N2O3. The quantitative estimate of drug-likeness (QED) is 0.667. The summed E-state index contributed by atoms with van der Waals surface area (Å²) in [6.45, 7) is 7.63. The van der Waals surface area contributed by atoms with Crippen molar-refractivity contribution in [3.8, 4) is 0 Å². The predicted octanol–water partition coefficient (Wildman–Crippen LogP) is 1.45. The molecule has 5 heteroatoms. The lowest BCUT2D eigenvalue weighted by atomic mass is 10.1. The summed E-state index contributed by atoms with van der Waals surface area (Å²) in [5, 5.41) is 0. The van der Waals surface area contributed by atoms with Gasteiger partial charge in [0.1, 0.15) is 12.7 Å². The van der Waals surface area contributed by atoms with E-state index in [4.69, 9.17) is 15.2 Å². The number of benzene rings is 1. The van der Waals surface area contributed by atoms with Gasteiger partial charge < -0.3 is 15.2 Å². The van der Waals surface area contributed by atoms with E-state index >= 15 is 0 Å². The molecule has 110 valence electrons. The third-order valence-corrected chi connectivity index (χ3v) is 3.58. The normalized spacial score (nSPS) is 19.8. The summed E-state index contributed by atoms with van der Waals surface area (Å²) in [5.74, 6) is -0.377. The highest BCUT2D eigenvalue weighted by molar-refractivity contribution is 5.96. The van der Waals surface area contributed by atoms with Crippen LogP contribution in [0.2, 0.25) is 0 Å². The van der Waals surface area contributed by atoms with Crippen molar-refractivity contribution < 1.29 is 14.3 Å². The number of esters is 1. The van der Waals surface area contributed by atoms with E-state index < -0.39 is 0 Å². The fraction of sp³-hybridized carbons (Fsp3) is 0.533. The zero-order valence-electron chi connectivity index (χ0n) is 12.1. The third kappa shape index (κ3) is 3.49. The number of likely N-dealkylation sites (N-methyl/N-ethyl adjacent to an activating group) is 1. The number of morpholine rings is 1. The van der Waals surface area contributed by atoms with Crippen LogP contribution in [0.15, 0.2) is 18.2 Å². The van der Waals surface area contributed by atoms with Gasteiger partial charge in [-0.3, -0.25) is 4.90 Å². The van der Waals surface area contributed by atoms with Crippen LogP contribution in [-0.4, -0.2) is 49.8 Å². The van der Waals surface area contributed by atoms with Crippen LogP contribution in [0.25, 0.3) is 0 Å². The average molecular weight is 278 g/mol. The Hall–Kier alpha value is -1.59. The van der Waals surface area contributed by atoms with E-state index in [9.17, 15) is 4.79 Å². The molecule has 1 saturated heterocycles. The van der Waals surface area contributed by atoms with Crippen molar-refractivity contribution in [3.05, 3.63) is 29.3 Å². The number of hydrogen-bond acceptors (Lipinski definition) is 5. The molecule has 1 fully saturated rings. The van der Waals surface area contributed by atoms with Crippen LogP contribution in [0.1, 0.15) is 22.8 Å². The first-order valence-corrected chi connectivity index (χ1v) is 6.98. The Balaban J connectivity index is 1.92. The summed E-state index contributed by atoms with van der Waals surface area (Å²) in [6.07, 6.45) is -0.0575. The number of rotatable bonds is 4. The number of anilines is 1. The standard InChI is InChI=1S/C15H22N2O3/c1-3-17-7-8-19-12(9-17)10-20-15(18)14-11(2)5-4-6-13(14)16/h4-6,12H,3,7-10,16H2,1-2H3. The second kappa shape index (κ2) is 6.72. The Morgan fingerprint density at radius 1 is 1.55 bits per heavy atom. The van der Waals surface area contributed by atoms with E-state index in [2.05, 4.69) is 11.8 Å². The van der Waals surface area contributed by atoms with E-state index in [0.29, 0.717) is 17.9 Å². The van der Waals surface area contributed by atoms with Gasteiger partial charge in [-0.15, -0.1) is 0 Å². The van der Waals surface area contributed by atoms with Crippen LogP contribution in [0.5, 0.6) is 0 Å². The summed E-state index contributed by atoms with van der Waals surface area (Å²) in [7, 11) is 0. The van der Waals surface area contributed by atoms with Crippen molar-refractivity contribution in [1.82, 2.24) is 4.90 Å². The number of nitrogens with zero attached hydrogens (tertiary/aromatic N) is 1. The average Bonchev–Trinajstić information content (AvgIpc) is 2.45. The van der Waals surface area contributed by atoms with Crippen molar-refractivity contribution in [2.24, 2.45) is 0 Å². The highest BCUT2D eigenvalue weighted by atomic mass is 16.6. The number of carbonyl (C=O) groups excluding carboxylic acids is 1. The largest absolute Gasteiger partial charge is 0.459 e. The van der Waals surface area contributed by atoms with Gasteiger partial charge in [0, 0.05) is 18.8 Å². The molecule has 20 heavy (non-hydrogen) atoms. The van der Waals surface area contributed by atoms with Gasteiger partial charge in [0.25, 0.3) is 0 Å². The van der Waals surface area contributed by atoms with Crippen LogP contribution in [0.4, 0.5) is 5.69 Å². The lowest BCUT2D eigenvalue weighted by molar-refractivity contribution is -0.0578. The highest BCUT2D eigenvalue weighted by Gasteiger charge is 2.22. The highest BCUT2D eigenvalue weighted by Crippen LogP contribution is 2.17. The number of hydrogen-bond donors (Lipinski definition) is 1. The maximum atomic E-state index is 12.1. The van der Waals surface area contributed by atoms with Gasteiger partial charge in [0.05, 0.1) is 12.2 Å². The molecule has 2 N–H and O–H groups in total. The first-order valence-electron chi connectivity index (χ1n) is 6.98. The van der Waals surface area contributed by atoms with E-state index in [-0.39, 0.29) is 18.7 Å². The fourth-order valence-electron chi connectivity index (χ4n) is 2.38. The molecule has 0 spiro atoms.